The lowest BCUT2D eigenvalue weighted by Crippen LogP contribution is -1.95. The lowest BCUT2D eigenvalue weighted by molar-refractivity contribution is 0.326. The summed E-state index contributed by atoms with van der Waals surface area (Å²) in [4.78, 5) is 4.41. The number of aromatic hydroxyl groups is 1. The van der Waals surface area contributed by atoms with E-state index in [2.05, 4.69) is 4.98 Å². The Labute approximate surface area is 100 Å². The molecule has 2 aromatic rings. The van der Waals surface area contributed by atoms with Crippen LogP contribution in [-0.2, 0) is 0 Å². The van der Waals surface area contributed by atoms with Crippen molar-refractivity contribution in [1.29, 1.82) is 0 Å². The van der Waals surface area contributed by atoms with E-state index in [1.165, 1.54) is 0 Å². The minimum absolute atomic E-state index is 0.199. The van der Waals surface area contributed by atoms with E-state index in [9.17, 15) is 5.11 Å². The van der Waals surface area contributed by atoms with E-state index in [4.69, 9.17) is 4.74 Å². The number of ether oxygens (including phenoxy) is 1. The van der Waals surface area contributed by atoms with Crippen LogP contribution in [-0.4, -0.2) is 16.7 Å². The molecule has 0 saturated heterocycles. The number of nitrogens with zero attached hydrogens (tertiary/aromatic N) is 1. The predicted octanol–water partition coefficient (Wildman–Crippen LogP) is 3.37. The maximum absolute atomic E-state index is 9.93. The van der Waals surface area contributed by atoms with Gasteiger partial charge < -0.3 is 9.84 Å². The van der Waals surface area contributed by atoms with Crippen LogP contribution in [0.2, 0.25) is 0 Å². The third kappa shape index (κ3) is 2.23. The summed E-state index contributed by atoms with van der Waals surface area (Å²) in [5, 5.41) is 10.7. The van der Waals surface area contributed by atoms with E-state index < -0.39 is 0 Å². The molecule has 0 amide bonds. The second kappa shape index (κ2) is 4.87. The smallest absolute Gasteiger partial charge is 0.217 e. The Morgan fingerprint density at radius 3 is 2.94 bits per heavy atom. The molecule has 0 spiro atoms. The first-order valence-electron chi connectivity index (χ1n) is 5.64. The maximum atomic E-state index is 9.93. The van der Waals surface area contributed by atoms with Crippen LogP contribution in [0, 0.1) is 0 Å². The van der Waals surface area contributed by atoms with Crippen LogP contribution in [0.4, 0.5) is 0 Å². The van der Waals surface area contributed by atoms with Crippen molar-refractivity contribution in [2.45, 2.75) is 13.8 Å². The van der Waals surface area contributed by atoms with Crippen molar-refractivity contribution in [3.05, 3.63) is 35.9 Å². The van der Waals surface area contributed by atoms with Gasteiger partial charge in [-0.2, -0.15) is 0 Å². The first-order chi connectivity index (χ1) is 8.26. The molecule has 0 unspecified atom stereocenters. The number of rotatable bonds is 3. The van der Waals surface area contributed by atoms with Crippen LogP contribution in [0.3, 0.4) is 0 Å². The Balaban J connectivity index is 2.69. The molecule has 3 nitrogen and oxygen atoms in total. The molecule has 1 N–H and O–H groups in total. The summed E-state index contributed by atoms with van der Waals surface area (Å²) in [6, 6.07) is 7.26. The number of fused-ring (bicyclic) bond motifs is 1. The Morgan fingerprint density at radius 2 is 2.24 bits per heavy atom. The lowest BCUT2D eigenvalue weighted by Gasteiger charge is -2.07. The minimum atomic E-state index is 0.199. The molecule has 2 rings (SSSR count). The van der Waals surface area contributed by atoms with E-state index >= 15 is 0 Å². The van der Waals surface area contributed by atoms with Crippen molar-refractivity contribution >= 4 is 17.0 Å². The highest BCUT2D eigenvalue weighted by Crippen LogP contribution is 2.29. The van der Waals surface area contributed by atoms with Crippen LogP contribution in [0.5, 0.6) is 11.6 Å². The first kappa shape index (κ1) is 11.5. The fourth-order valence-electron chi connectivity index (χ4n) is 1.77. The Morgan fingerprint density at radius 1 is 1.41 bits per heavy atom. The van der Waals surface area contributed by atoms with Crippen molar-refractivity contribution in [2.24, 2.45) is 0 Å². The van der Waals surface area contributed by atoms with Gasteiger partial charge in [0, 0.05) is 17.0 Å². The monoisotopic (exact) mass is 229 g/mol. The first-order valence-corrected chi connectivity index (χ1v) is 5.64. The Hall–Kier alpha value is -2.03. The largest absolute Gasteiger partial charge is 0.507 e. The van der Waals surface area contributed by atoms with Gasteiger partial charge in [-0.1, -0.05) is 24.3 Å². The van der Waals surface area contributed by atoms with E-state index in [1.807, 2.05) is 44.2 Å². The lowest BCUT2D eigenvalue weighted by atomic mass is 10.1. The predicted molar refractivity (Wildman–Crippen MR) is 69.3 cm³/mol. The molecule has 0 aliphatic rings. The average Bonchev–Trinajstić information content (AvgIpc) is 2.31. The standard InChI is InChI=1S/C14H15NO2/c1-3-6-10-7-5-8-11-12(16)9-13(17-4-2)15-14(10)11/h3,5-9H,4H2,1-2H3,(H,15,16)/b6-3+. The Kier molecular flexibility index (Phi) is 3.28. The second-order valence-corrected chi connectivity index (χ2v) is 3.66. The number of hydrogen-bond acceptors (Lipinski definition) is 3. The fraction of sp³-hybridized carbons (Fsp3) is 0.214. The molecule has 1 aromatic carbocycles. The maximum Gasteiger partial charge on any atom is 0.217 e. The minimum Gasteiger partial charge on any atom is -0.507 e. The van der Waals surface area contributed by atoms with Crippen LogP contribution < -0.4 is 4.74 Å². The summed E-state index contributed by atoms with van der Waals surface area (Å²) in [6.07, 6.45) is 3.91. The molecule has 1 aromatic heterocycles. The number of benzene rings is 1. The van der Waals surface area contributed by atoms with E-state index in [1.54, 1.807) is 6.07 Å². The van der Waals surface area contributed by atoms with Gasteiger partial charge in [-0.3, -0.25) is 0 Å². The van der Waals surface area contributed by atoms with Gasteiger partial charge in [0.25, 0.3) is 0 Å². The number of allylic oxidation sites excluding steroid dienone is 1. The number of aromatic nitrogens is 1. The third-order valence-electron chi connectivity index (χ3n) is 2.46. The van der Waals surface area contributed by atoms with Crippen LogP contribution >= 0.6 is 0 Å². The highest BCUT2D eigenvalue weighted by molar-refractivity contribution is 5.91. The van der Waals surface area contributed by atoms with Gasteiger partial charge in [-0.05, 0) is 19.9 Å². The normalized spacial score (nSPS) is 11.2. The van der Waals surface area contributed by atoms with Gasteiger partial charge in [-0.25, -0.2) is 4.98 Å². The van der Waals surface area contributed by atoms with Crippen molar-refractivity contribution in [3.63, 3.8) is 0 Å². The molecular weight excluding hydrogens is 214 g/mol. The van der Waals surface area contributed by atoms with Crippen molar-refractivity contribution in [3.8, 4) is 11.6 Å². The zero-order valence-corrected chi connectivity index (χ0v) is 9.97. The molecule has 0 bridgehead atoms. The molecule has 88 valence electrons. The molecule has 0 aliphatic heterocycles. The van der Waals surface area contributed by atoms with E-state index in [0.29, 0.717) is 12.5 Å². The topological polar surface area (TPSA) is 42.4 Å². The summed E-state index contributed by atoms with van der Waals surface area (Å²) in [5.74, 6) is 0.652. The number of para-hydroxylation sites is 1. The van der Waals surface area contributed by atoms with Gasteiger partial charge in [0.15, 0.2) is 0 Å². The quantitative estimate of drug-likeness (QED) is 0.877. The summed E-state index contributed by atoms with van der Waals surface area (Å²) < 4.78 is 5.33. The molecule has 17 heavy (non-hydrogen) atoms. The molecule has 1 heterocycles. The summed E-state index contributed by atoms with van der Waals surface area (Å²) >= 11 is 0. The molecule has 0 saturated carbocycles. The summed E-state index contributed by atoms with van der Waals surface area (Å²) in [5.41, 5.74) is 1.73. The zero-order valence-electron chi connectivity index (χ0n) is 9.97. The third-order valence-corrected chi connectivity index (χ3v) is 2.46. The van der Waals surface area contributed by atoms with Gasteiger partial charge in [0.05, 0.1) is 12.1 Å². The number of hydrogen-bond donors (Lipinski definition) is 1. The fourth-order valence-corrected chi connectivity index (χ4v) is 1.77. The van der Waals surface area contributed by atoms with Gasteiger partial charge >= 0.3 is 0 Å². The van der Waals surface area contributed by atoms with Crippen LogP contribution in [0.15, 0.2) is 30.3 Å². The molecular formula is C14H15NO2. The van der Waals surface area contributed by atoms with E-state index in [0.717, 1.165) is 16.5 Å². The highest BCUT2D eigenvalue weighted by atomic mass is 16.5. The number of pyridine rings is 1. The van der Waals surface area contributed by atoms with Crippen molar-refractivity contribution in [1.82, 2.24) is 4.98 Å². The Bertz CT molecular complexity index is 561. The molecule has 0 aliphatic carbocycles. The van der Waals surface area contributed by atoms with Crippen LogP contribution in [0.1, 0.15) is 19.4 Å². The average molecular weight is 229 g/mol. The van der Waals surface area contributed by atoms with E-state index in [-0.39, 0.29) is 5.75 Å². The molecule has 3 heteroatoms. The van der Waals surface area contributed by atoms with Gasteiger partial charge in [0.1, 0.15) is 5.75 Å². The highest BCUT2D eigenvalue weighted by Gasteiger charge is 2.07. The van der Waals surface area contributed by atoms with Crippen molar-refractivity contribution in [2.75, 3.05) is 6.61 Å². The van der Waals surface area contributed by atoms with Crippen molar-refractivity contribution < 1.29 is 9.84 Å². The zero-order chi connectivity index (χ0) is 12.3. The molecule has 0 radical (unpaired) electrons. The molecule has 0 atom stereocenters. The second-order valence-electron chi connectivity index (χ2n) is 3.66. The summed E-state index contributed by atoms with van der Waals surface area (Å²) in [6.45, 7) is 4.37. The SMILES string of the molecule is C/C=C/c1cccc2c(O)cc(OCC)nc12. The van der Waals surface area contributed by atoms with Crippen LogP contribution in [0.25, 0.3) is 17.0 Å². The van der Waals surface area contributed by atoms with Gasteiger partial charge in [-0.15, -0.1) is 0 Å². The van der Waals surface area contributed by atoms with Gasteiger partial charge in [0.2, 0.25) is 5.88 Å². The summed E-state index contributed by atoms with van der Waals surface area (Å²) in [7, 11) is 0. The molecule has 0 fully saturated rings.